The molecule has 1 N–H and O–H groups in total. The number of ether oxygens (including phenoxy) is 1. The normalized spacial score (nSPS) is 20.0. The van der Waals surface area contributed by atoms with E-state index in [-0.39, 0.29) is 16.1 Å². The number of fused-ring (bicyclic) bond motifs is 1. The molecule has 0 amide bonds. The minimum atomic E-state index is -3.62. The number of benzene rings is 2. The van der Waals surface area contributed by atoms with Crippen molar-refractivity contribution in [3.05, 3.63) is 58.4 Å². The molecule has 0 aliphatic carbocycles. The summed E-state index contributed by atoms with van der Waals surface area (Å²) in [5.74, 6) is -0.755. The van der Waals surface area contributed by atoms with E-state index in [0.29, 0.717) is 21.6 Å². The van der Waals surface area contributed by atoms with E-state index in [1.165, 1.54) is 6.07 Å². The monoisotopic (exact) mass is 569 g/mol. The van der Waals surface area contributed by atoms with Gasteiger partial charge in [-0.3, -0.25) is 0 Å². The number of rotatable bonds is 8. The number of carboxylic acids is 1. The van der Waals surface area contributed by atoms with Gasteiger partial charge in [0.25, 0.3) is 0 Å². The maximum atomic E-state index is 13.7. The quantitative estimate of drug-likeness (QED) is 0.247. The highest BCUT2D eigenvalue weighted by Gasteiger charge is 2.41. The highest BCUT2D eigenvalue weighted by atomic mass is 127. The fraction of sp³-hybridized carbons (Fsp3) is 0.375. The molecule has 1 aliphatic heterocycles. The molecule has 0 radical (unpaired) electrons. The molecular formula is C24H28INO5S. The Labute approximate surface area is 203 Å². The summed E-state index contributed by atoms with van der Waals surface area (Å²) >= 11 is 2.09. The van der Waals surface area contributed by atoms with Crippen molar-refractivity contribution in [2.45, 2.75) is 44.4 Å². The van der Waals surface area contributed by atoms with Crippen LogP contribution in [0.2, 0.25) is 0 Å². The first-order chi connectivity index (χ1) is 15.2. The molecule has 0 aromatic heterocycles. The van der Waals surface area contributed by atoms with Crippen LogP contribution in [0, 0.1) is 8.99 Å². The number of nitrogens with zero attached hydrogens (tertiary/aromatic N) is 1. The molecule has 0 saturated carbocycles. The summed E-state index contributed by atoms with van der Waals surface area (Å²) in [5.41, 5.74) is 1.19. The largest absolute Gasteiger partial charge is 0.478 e. The topological polar surface area (TPSA) is 83.9 Å². The van der Waals surface area contributed by atoms with Gasteiger partial charge in [-0.1, -0.05) is 44.9 Å². The highest BCUT2D eigenvalue weighted by molar-refractivity contribution is 14.1. The van der Waals surface area contributed by atoms with Crippen molar-refractivity contribution in [1.29, 1.82) is 0 Å². The third-order valence-electron chi connectivity index (χ3n) is 5.91. The van der Waals surface area contributed by atoms with E-state index in [9.17, 15) is 13.2 Å². The average Bonchev–Trinajstić information content (AvgIpc) is 2.85. The molecule has 0 fully saturated rings. The molecule has 1 unspecified atom stereocenters. The smallest absolute Gasteiger partial charge is 0.331 e. The Morgan fingerprint density at radius 1 is 1.25 bits per heavy atom. The number of sulfone groups is 1. The Hall–Kier alpha value is -2.07. The Bertz CT molecular complexity index is 1100. The van der Waals surface area contributed by atoms with E-state index in [1.807, 2.05) is 36.4 Å². The van der Waals surface area contributed by atoms with Gasteiger partial charge in [0.1, 0.15) is 5.75 Å². The summed E-state index contributed by atoms with van der Waals surface area (Å²) in [7, 11) is -3.62. The summed E-state index contributed by atoms with van der Waals surface area (Å²) < 4.78 is 33.5. The maximum absolute atomic E-state index is 13.7. The van der Waals surface area contributed by atoms with Gasteiger partial charge in [-0.25, -0.2) is 13.2 Å². The van der Waals surface area contributed by atoms with Crippen LogP contribution in [0.25, 0.3) is 0 Å². The van der Waals surface area contributed by atoms with Gasteiger partial charge in [0.15, 0.2) is 9.84 Å². The number of aliphatic carboxylic acids is 1. The second-order valence-corrected chi connectivity index (χ2v) is 11.3. The van der Waals surface area contributed by atoms with E-state index in [0.717, 1.165) is 43.7 Å². The van der Waals surface area contributed by atoms with Crippen LogP contribution in [0.15, 0.2) is 59.7 Å². The minimum Gasteiger partial charge on any atom is -0.478 e. The van der Waals surface area contributed by atoms with Crippen LogP contribution in [-0.4, -0.2) is 31.8 Å². The van der Waals surface area contributed by atoms with Gasteiger partial charge >= 0.3 is 5.97 Å². The second-order valence-electron chi connectivity index (χ2n) is 8.15. The van der Waals surface area contributed by atoms with Crippen molar-refractivity contribution in [2.75, 3.05) is 17.2 Å². The molecule has 1 aliphatic rings. The first kappa shape index (κ1) is 24.6. The summed E-state index contributed by atoms with van der Waals surface area (Å²) in [5, 5.41) is 8.82. The fourth-order valence-electron chi connectivity index (χ4n) is 4.12. The van der Waals surface area contributed by atoms with Crippen LogP contribution < -0.4 is 9.64 Å². The van der Waals surface area contributed by atoms with Gasteiger partial charge in [0.05, 0.1) is 32.2 Å². The molecule has 0 bridgehead atoms. The molecular weight excluding hydrogens is 541 g/mol. The first-order valence-corrected chi connectivity index (χ1v) is 13.4. The summed E-state index contributed by atoms with van der Waals surface area (Å²) in [4.78, 5) is 13.1. The predicted octanol–water partition coefficient (Wildman–Crippen LogP) is 5.78. The number of anilines is 2. The Balaban J connectivity index is 2.19. The van der Waals surface area contributed by atoms with E-state index < -0.39 is 15.8 Å². The molecule has 0 spiro atoms. The number of unbranched alkanes of at least 4 members (excludes halogenated alkanes) is 1. The number of carboxylic acid groups (broad SMARTS) is 1. The van der Waals surface area contributed by atoms with Crippen molar-refractivity contribution in [3.8, 4) is 5.75 Å². The van der Waals surface area contributed by atoms with Crippen LogP contribution in [0.3, 0.4) is 0 Å². The predicted molar refractivity (Wildman–Crippen MR) is 134 cm³/mol. The van der Waals surface area contributed by atoms with Crippen molar-refractivity contribution >= 4 is 49.8 Å². The zero-order valence-electron chi connectivity index (χ0n) is 18.3. The van der Waals surface area contributed by atoms with Gasteiger partial charge in [0.2, 0.25) is 0 Å². The highest BCUT2D eigenvalue weighted by Crippen LogP contribution is 2.46. The average molecular weight is 569 g/mol. The first-order valence-electron chi connectivity index (χ1n) is 10.7. The third kappa shape index (κ3) is 5.46. The van der Waals surface area contributed by atoms with Crippen LogP contribution in [-0.2, 0) is 14.6 Å². The molecule has 32 heavy (non-hydrogen) atoms. The van der Waals surface area contributed by atoms with Crippen molar-refractivity contribution < 1.29 is 23.1 Å². The van der Waals surface area contributed by atoms with Crippen molar-refractivity contribution in [2.24, 2.45) is 5.41 Å². The lowest BCUT2D eigenvalue weighted by molar-refractivity contribution is -0.131. The zero-order valence-corrected chi connectivity index (χ0v) is 21.2. The number of halogens is 1. The molecule has 6 nitrogen and oxygen atoms in total. The number of hydrogen-bond acceptors (Lipinski definition) is 5. The summed E-state index contributed by atoms with van der Waals surface area (Å²) in [6.07, 6.45) is 5.49. The maximum Gasteiger partial charge on any atom is 0.331 e. The zero-order chi connectivity index (χ0) is 23.4. The third-order valence-corrected chi connectivity index (χ3v) is 8.75. The van der Waals surface area contributed by atoms with E-state index in [4.69, 9.17) is 9.84 Å². The fourth-order valence-corrected chi connectivity index (χ4v) is 6.87. The lowest BCUT2D eigenvalue weighted by atomic mass is 9.81. The minimum absolute atomic E-state index is 0.0673. The lowest BCUT2D eigenvalue weighted by Crippen LogP contribution is -2.37. The molecule has 172 valence electrons. The SMILES string of the molecule is CCCCC1(CC)CN(c2ccccc2)c2cc(I)c(O/C=C\C(=O)O)cc2S(=O)(=O)C1. The second kappa shape index (κ2) is 10.2. The van der Waals surface area contributed by atoms with Crippen molar-refractivity contribution in [1.82, 2.24) is 0 Å². The standard InChI is InChI=1S/C24H28INO5S/c1-3-5-12-24(4-2)16-26(18-9-7-6-8-10-18)20-14-19(25)21(31-13-11-23(27)28)15-22(20)32(29,30)17-24/h6-11,13-15H,3-5,12,16-17H2,1-2H3,(H,27,28)/b13-11-. The molecule has 1 atom stereocenters. The van der Waals surface area contributed by atoms with Crippen LogP contribution in [0.4, 0.5) is 11.4 Å². The molecule has 8 heteroatoms. The molecule has 2 aromatic carbocycles. The lowest BCUT2D eigenvalue weighted by Gasteiger charge is -2.36. The van der Waals surface area contributed by atoms with E-state index in [1.54, 1.807) is 0 Å². The van der Waals surface area contributed by atoms with Gasteiger partial charge < -0.3 is 14.7 Å². The van der Waals surface area contributed by atoms with Gasteiger partial charge in [-0.05, 0) is 53.6 Å². The molecule has 1 heterocycles. The Morgan fingerprint density at radius 3 is 2.59 bits per heavy atom. The summed E-state index contributed by atoms with van der Waals surface area (Å²) in [6.45, 7) is 4.79. The number of para-hydroxylation sites is 1. The van der Waals surface area contributed by atoms with Crippen LogP contribution in [0.1, 0.15) is 39.5 Å². The van der Waals surface area contributed by atoms with Gasteiger partial charge in [-0.2, -0.15) is 0 Å². The Kier molecular flexibility index (Phi) is 7.87. The number of hydrogen-bond donors (Lipinski definition) is 1. The van der Waals surface area contributed by atoms with Crippen molar-refractivity contribution in [3.63, 3.8) is 0 Å². The van der Waals surface area contributed by atoms with Gasteiger partial charge in [-0.15, -0.1) is 0 Å². The Morgan fingerprint density at radius 2 is 1.97 bits per heavy atom. The van der Waals surface area contributed by atoms with E-state index >= 15 is 0 Å². The molecule has 0 saturated heterocycles. The van der Waals surface area contributed by atoms with Crippen LogP contribution >= 0.6 is 22.6 Å². The molecule has 2 aromatic rings. The number of carbonyl (C=O) groups is 1. The molecule has 3 rings (SSSR count). The summed E-state index contributed by atoms with van der Waals surface area (Å²) in [6, 6.07) is 13.2. The van der Waals surface area contributed by atoms with Gasteiger partial charge in [0, 0.05) is 23.7 Å². The van der Waals surface area contributed by atoms with Crippen LogP contribution in [0.5, 0.6) is 5.75 Å². The van der Waals surface area contributed by atoms with E-state index in [2.05, 4.69) is 41.3 Å².